The molecule has 1 aromatic rings. The summed E-state index contributed by atoms with van der Waals surface area (Å²) in [6.07, 6.45) is 1.64. The van der Waals surface area contributed by atoms with Crippen LogP contribution in [0.1, 0.15) is 0 Å². The summed E-state index contributed by atoms with van der Waals surface area (Å²) in [6.45, 7) is 0. The molecule has 1 rings (SSSR count). The summed E-state index contributed by atoms with van der Waals surface area (Å²) in [5, 5.41) is 0. The standard InChI is InChI=1S/C9H9BrFIN2/c1-14(2)5-13-9-4-7(11)6(10)3-8(9)12/h3-5H,1-2H3/b13-5+. The molecule has 0 aliphatic rings. The van der Waals surface area contributed by atoms with Gasteiger partial charge in [-0.25, -0.2) is 9.38 Å². The van der Waals surface area contributed by atoms with Crippen LogP contribution in [0.4, 0.5) is 10.1 Å². The van der Waals surface area contributed by atoms with E-state index in [9.17, 15) is 4.39 Å². The first kappa shape index (κ1) is 11.9. The van der Waals surface area contributed by atoms with E-state index in [1.807, 2.05) is 14.1 Å². The van der Waals surface area contributed by atoms with Gasteiger partial charge in [0, 0.05) is 23.7 Å². The molecule has 0 aliphatic heterocycles. The zero-order valence-corrected chi connectivity index (χ0v) is 11.5. The monoisotopic (exact) mass is 370 g/mol. The fraction of sp³-hybridized carbons (Fsp3) is 0.222. The molecule has 0 spiro atoms. The zero-order valence-electron chi connectivity index (χ0n) is 7.76. The molecule has 5 heteroatoms. The molecule has 1 aromatic carbocycles. The second-order valence-corrected chi connectivity index (χ2v) is 4.94. The Morgan fingerprint density at radius 3 is 2.71 bits per heavy atom. The third-order valence-corrected chi connectivity index (χ3v) is 2.89. The van der Waals surface area contributed by atoms with Crippen molar-refractivity contribution in [3.05, 3.63) is 26.0 Å². The molecule has 0 N–H and O–H groups in total. The third-order valence-electron chi connectivity index (χ3n) is 1.42. The average molecular weight is 371 g/mol. The number of nitrogens with zero attached hydrogens (tertiary/aromatic N) is 2. The minimum absolute atomic E-state index is 0.295. The lowest BCUT2D eigenvalue weighted by Crippen LogP contribution is -2.07. The fourth-order valence-corrected chi connectivity index (χ4v) is 2.17. The predicted octanol–water partition coefficient (Wildman–Crippen LogP) is 3.41. The van der Waals surface area contributed by atoms with E-state index in [0.717, 1.165) is 3.57 Å². The van der Waals surface area contributed by atoms with E-state index >= 15 is 0 Å². The molecule has 0 aliphatic carbocycles. The number of halogens is 3. The summed E-state index contributed by atoms with van der Waals surface area (Å²) in [5.74, 6) is -0.295. The van der Waals surface area contributed by atoms with Crippen LogP contribution in [-0.4, -0.2) is 25.3 Å². The van der Waals surface area contributed by atoms with Gasteiger partial charge in [0.25, 0.3) is 0 Å². The Balaban J connectivity index is 3.04. The van der Waals surface area contributed by atoms with Crippen LogP contribution in [0.3, 0.4) is 0 Å². The Morgan fingerprint density at radius 1 is 1.50 bits per heavy atom. The van der Waals surface area contributed by atoms with E-state index in [-0.39, 0.29) is 5.82 Å². The highest BCUT2D eigenvalue weighted by Crippen LogP contribution is 2.27. The first-order chi connectivity index (χ1) is 6.50. The summed E-state index contributed by atoms with van der Waals surface area (Å²) < 4.78 is 14.5. The molecule has 0 aromatic heterocycles. The summed E-state index contributed by atoms with van der Waals surface area (Å²) in [6, 6.07) is 3.12. The Labute approximate surface area is 104 Å². The van der Waals surface area contributed by atoms with Gasteiger partial charge in [0.15, 0.2) is 0 Å². The lowest BCUT2D eigenvalue weighted by atomic mass is 10.3. The van der Waals surface area contributed by atoms with Crippen LogP contribution in [0, 0.1) is 9.39 Å². The fourth-order valence-electron chi connectivity index (χ4n) is 0.789. The molecule has 0 radical (unpaired) electrons. The van der Waals surface area contributed by atoms with E-state index in [1.165, 1.54) is 6.07 Å². The maximum atomic E-state index is 13.1. The maximum Gasteiger partial charge on any atom is 0.139 e. The Bertz CT molecular complexity index is 366. The van der Waals surface area contributed by atoms with Gasteiger partial charge in [-0.1, -0.05) is 0 Å². The Kier molecular flexibility index (Phi) is 4.31. The molecule has 0 unspecified atom stereocenters. The molecule has 0 fully saturated rings. The molecule has 0 saturated heterocycles. The molecule has 76 valence electrons. The van der Waals surface area contributed by atoms with Crippen molar-refractivity contribution in [1.29, 1.82) is 0 Å². The maximum absolute atomic E-state index is 13.1. The smallest absolute Gasteiger partial charge is 0.139 e. The molecule has 0 bridgehead atoms. The number of benzene rings is 1. The lowest BCUT2D eigenvalue weighted by Gasteiger charge is -2.04. The van der Waals surface area contributed by atoms with Gasteiger partial charge in [0.1, 0.15) is 5.82 Å². The van der Waals surface area contributed by atoms with Gasteiger partial charge < -0.3 is 4.90 Å². The highest BCUT2D eigenvalue weighted by molar-refractivity contribution is 14.1. The highest BCUT2D eigenvalue weighted by Gasteiger charge is 2.04. The van der Waals surface area contributed by atoms with Crippen LogP contribution in [0.15, 0.2) is 21.6 Å². The minimum Gasteiger partial charge on any atom is -0.369 e. The molecular formula is C9H9BrFIN2. The van der Waals surface area contributed by atoms with Crippen LogP contribution in [0.2, 0.25) is 0 Å². The molecule has 2 nitrogen and oxygen atoms in total. The molecule has 14 heavy (non-hydrogen) atoms. The van der Waals surface area contributed by atoms with Gasteiger partial charge in [-0.05, 0) is 44.6 Å². The second-order valence-electron chi connectivity index (χ2n) is 2.93. The van der Waals surface area contributed by atoms with Crippen molar-refractivity contribution in [2.45, 2.75) is 0 Å². The van der Waals surface area contributed by atoms with Gasteiger partial charge in [0.2, 0.25) is 0 Å². The van der Waals surface area contributed by atoms with E-state index < -0.39 is 0 Å². The number of aliphatic imine (C=N–C) groups is 1. The number of hydrogen-bond acceptors (Lipinski definition) is 1. The average Bonchev–Trinajstić information content (AvgIpc) is 2.09. The first-order valence-electron chi connectivity index (χ1n) is 3.86. The summed E-state index contributed by atoms with van der Waals surface area (Å²) >= 11 is 5.24. The van der Waals surface area contributed by atoms with Crippen molar-refractivity contribution >= 4 is 50.5 Å². The van der Waals surface area contributed by atoms with Crippen molar-refractivity contribution in [2.75, 3.05) is 14.1 Å². The predicted molar refractivity (Wildman–Crippen MR) is 68.7 cm³/mol. The third kappa shape index (κ3) is 3.20. The van der Waals surface area contributed by atoms with Gasteiger partial charge >= 0.3 is 0 Å². The Morgan fingerprint density at radius 2 is 2.14 bits per heavy atom. The first-order valence-corrected chi connectivity index (χ1v) is 5.73. The van der Waals surface area contributed by atoms with Gasteiger partial charge in [-0.2, -0.15) is 0 Å². The van der Waals surface area contributed by atoms with E-state index in [1.54, 1.807) is 17.3 Å². The molecular weight excluding hydrogens is 362 g/mol. The molecule has 0 saturated carbocycles. The number of hydrogen-bond donors (Lipinski definition) is 0. The normalized spacial score (nSPS) is 10.9. The topological polar surface area (TPSA) is 15.6 Å². The zero-order chi connectivity index (χ0) is 10.7. The van der Waals surface area contributed by atoms with Crippen LogP contribution < -0.4 is 0 Å². The van der Waals surface area contributed by atoms with Crippen LogP contribution in [-0.2, 0) is 0 Å². The summed E-state index contributed by atoms with van der Waals surface area (Å²) in [5.41, 5.74) is 0.639. The van der Waals surface area contributed by atoms with E-state index in [0.29, 0.717) is 10.2 Å². The largest absolute Gasteiger partial charge is 0.369 e. The summed E-state index contributed by atoms with van der Waals surface area (Å²) in [7, 11) is 3.73. The van der Waals surface area contributed by atoms with E-state index in [4.69, 9.17) is 0 Å². The highest BCUT2D eigenvalue weighted by atomic mass is 127. The van der Waals surface area contributed by atoms with Crippen LogP contribution in [0.25, 0.3) is 0 Å². The van der Waals surface area contributed by atoms with E-state index in [2.05, 4.69) is 43.5 Å². The molecule has 0 atom stereocenters. The molecule has 0 heterocycles. The number of rotatable bonds is 2. The SMILES string of the molecule is CN(C)/C=N/c1cc(F)c(Br)cc1I. The summed E-state index contributed by atoms with van der Waals surface area (Å²) in [4.78, 5) is 5.94. The van der Waals surface area contributed by atoms with Gasteiger partial charge in [0.05, 0.1) is 16.5 Å². The van der Waals surface area contributed by atoms with Crippen molar-refractivity contribution in [3.8, 4) is 0 Å². The minimum atomic E-state index is -0.295. The lowest BCUT2D eigenvalue weighted by molar-refractivity contribution is 0.620. The van der Waals surface area contributed by atoms with Crippen molar-refractivity contribution < 1.29 is 4.39 Å². The van der Waals surface area contributed by atoms with Gasteiger partial charge in [-0.3, -0.25) is 0 Å². The quantitative estimate of drug-likeness (QED) is 0.337. The van der Waals surface area contributed by atoms with Crippen LogP contribution in [0.5, 0.6) is 0 Å². The van der Waals surface area contributed by atoms with Crippen molar-refractivity contribution in [1.82, 2.24) is 4.90 Å². The van der Waals surface area contributed by atoms with Crippen molar-refractivity contribution in [2.24, 2.45) is 4.99 Å². The Hall–Kier alpha value is -0.170. The molecule has 0 amide bonds. The van der Waals surface area contributed by atoms with Crippen LogP contribution >= 0.6 is 38.5 Å². The van der Waals surface area contributed by atoms with Gasteiger partial charge in [-0.15, -0.1) is 0 Å². The van der Waals surface area contributed by atoms with Crippen molar-refractivity contribution in [3.63, 3.8) is 0 Å². The second kappa shape index (κ2) is 5.06.